The molecule has 26 heavy (non-hydrogen) atoms. The zero-order chi connectivity index (χ0) is 18.6. The highest BCUT2D eigenvalue weighted by atomic mass is 19.4. The van der Waals surface area contributed by atoms with Crippen molar-refractivity contribution in [3.05, 3.63) is 59.3 Å². The highest BCUT2D eigenvalue weighted by Gasteiger charge is 2.30. The van der Waals surface area contributed by atoms with E-state index in [9.17, 15) is 18.0 Å². The first-order valence-electron chi connectivity index (χ1n) is 8.17. The van der Waals surface area contributed by atoms with E-state index in [4.69, 9.17) is 4.74 Å². The summed E-state index contributed by atoms with van der Waals surface area (Å²) in [4.78, 5) is 18.7. The maximum Gasteiger partial charge on any atom is 0.416 e. The number of rotatable bonds is 4. The van der Waals surface area contributed by atoms with Crippen molar-refractivity contribution in [1.82, 2.24) is 10.3 Å². The predicted octanol–water partition coefficient (Wildman–Crippen LogP) is 2.87. The molecule has 0 aliphatic carbocycles. The van der Waals surface area contributed by atoms with Crippen LogP contribution in [0, 0.1) is 0 Å². The lowest BCUT2D eigenvalue weighted by Gasteiger charge is -2.28. The molecule has 2 aromatic rings. The van der Waals surface area contributed by atoms with Gasteiger partial charge in [-0.15, -0.1) is 0 Å². The van der Waals surface area contributed by atoms with Crippen molar-refractivity contribution in [3.63, 3.8) is 0 Å². The van der Waals surface area contributed by atoms with Crippen LogP contribution in [0.25, 0.3) is 0 Å². The predicted molar refractivity (Wildman–Crippen MR) is 89.9 cm³/mol. The Hall–Kier alpha value is -2.61. The van der Waals surface area contributed by atoms with E-state index in [1.54, 1.807) is 6.07 Å². The fraction of sp³-hybridized carbons (Fsp3) is 0.333. The number of carbonyl (C=O) groups is 1. The van der Waals surface area contributed by atoms with Gasteiger partial charge in [-0.1, -0.05) is 6.07 Å². The normalized spacial score (nSPS) is 15.0. The largest absolute Gasteiger partial charge is 0.416 e. The molecule has 1 fully saturated rings. The van der Waals surface area contributed by atoms with Gasteiger partial charge in [0.15, 0.2) is 0 Å². The van der Waals surface area contributed by atoms with E-state index in [0.717, 1.165) is 43.2 Å². The number of anilines is 1. The molecule has 1 aliphatic heterocycles. The quantitative estimate of drug-likeness (QED) is 0.905. The summed E-state index contributed by atoms with van der Waals surface area (Å²) in [5.41, 5.74) is 0.0607. The van der Waals surface area contributed by atoms with Crippen molar-refractivity contribution in [2.45, 2.75) is 12.7 Å². The summed E-state index contributed by atoms with van der Waals surface area (Å²) in [5.74, 6) is 0.367. The molecule has 0 spiro atoms. The highest BCUT2D eigenvalue weighted by Crippen LogP contribution is 2.29. The van der Waals surface area contributed by atoms with Crippen molar-refractivity contribution in [2.75, 3.05) is 31.2 Å². The second-order valence-corrected chi connectivity index (χ2v) is 5.84. The van der Waals surface area contributed by atoms with Gasteiger partial charge in [0.05, 0.1) is 31.0 Å². The van der Waals surface area contributed by atoms with E-state index >= 15 is 0 Å². The van der Waals surface area contributed by atoms with Crippen LogP contribution < -0.4 is 10.2 Å². The molecule has 0 unspecified atom stereocenters. The van der Waals surface area contributed by atoms with Gasteiger partial charge in [0, 0.05) is 18.7 Å². The van der Waals surface area contributed by atoms with Crippen LogP contribution in [0.2, 0.25) is 0 Å². The number of pyridine rings is 1. The molecule has 1 N–H and O–H groups in total. The Bertz CT molecular complexity index is 757. The fourth-order valence-electron chi connectivity index (χ4n) is 2.62. The Morgan fingerprint density at radius 1 is 1.12 bits per heavy atom. The molecular formula is C18H18F3N3O2. The minimum Gasteiger partial charge on any atom is -0.378 e. The van der Waals surface area contributed by atoms with Crippen molar-refractivity contribution in [2.24, 2.45) is 0 Å². The topological polar surface area (TPSA) is 54.5 Å². The third-order valence-electron chi connectivity index (χ3n) is 4.03. The Kier molecular flexibility index (Phi) is 5.41. The summed E-state index contributed by atoms with van der Waals surface area (Å²) in [6, 6.07) is 9.66. The molecule has 0 bridgehead atoms. The van der Waals surface area contributed by atoms with Crippen LogP contribution in [0.15, 0.2) is 42.5 Å². The van der Waals surface area contributed by atoms with Gasteiger partial charge in [-0.2, -0.15) is 13.2 Å². The standard InChI is InChI=1S/C18H18F3N3O2/c19-18(20,21)14-6-4-13(5-7-14)17(25)22-12-15-2-1-3-16(23-15)24-8-10-26-11-9-24/h1-7H,8-12H2,(H,22,25). The number of aromatic nitrogens is 1. The molecule has 5 nitrogen and oxygen atoms in total. The molecule has 1 amide bonds. The number of alkyl halides is 3. The van der Waals surface area contributed by atoms with E-state index in [1.807, 2.05) is 12.1 Å². The maximum absolute atomic E-state index is 12.6. The number of hydrogen-bond donors (Lipinski definition) is 1. The van der Waals surface area contributed by atoms with Gasteiger partial charge in [-0.05, 0) is 36.4 Å². The first-order chi connectivity index (χ1) is 12.4. The Morgan fingerprint density at radius 2 is 1.81 bits per heavy atom. The second kappa shape index (κ2) is 7.74. The van der Waals surface area contributed by atoms with Crippen molar-refractivity contribution < 1.29 is 22.7 Å². The number of ether oxygens (including phenoxy) is 1. The summed E-state index contributed by atoms with van der Waals surface area (Å²) >= 11 is 0. The van der Waals surface area contributed by atoms with Gasteiger partial charge in [-0.25, -0.2) is 4.98 Å². The molecule has 8 heteroatoms. The van der Waals surface area contributed by atoms with Crippen LogP contribution in [0.3, 0.4) is 0 Å². The van der Waals surface area contributed by atoms with E-state index in [-0.39, 0.29) is 12.1 Å². The Labute approximate surface area is 148 Å². The number of hydrogen-bond acceptors (Lipinski definition) is 4. The number of nitrogens with zero attached hydrogens (tertiary/aromatic N) is 2. The van der Waals surface area contributed by atoms with E-state index in [0.29, 0.717) is 18.9 Å². The zero-order valence-electron chi connectivity index (χ0n) is 13.9. The van der Waals surface area contributed by atoms with Crippen LogP contribution in [-0.4, -0.2) is 37.2 Å². The minimum atomic E-state index is -4.42. The molecule has 1 saturated heterocycles. The fourth-order valence-corrected chi connectivity index (χ4v) is 2.62. The number of amides is 1. The van der Waals surface area contributed by atoms with Gasteiger partial charge >= 0.3 is 6.18 Å². The van der Waals surface area contributed by atoms with Gasteiger partial charge in [-0.3, -0.25) is 4.79 Å². The lowest BCUT2D eigenvalue weighted by molar-refractivity contribution is -0.137. The average molecular weight is 365 g/mol. The average Bonchev–Trinajstić information content (AvgIpc) is 2.66. The lowest BCUT2D eigenvalue weighted by atomic mass is 10.1. The summed E-state index contributed by atoms with van der Waals surface area (Å²) in [5, 5.41) is 2.68. The number of halogens is 3. The molecule has 1 aromatic carbocycles. The van der Waals surface area contributed by atoms with E-state index in [1.165, 1.54) is 0 Å². The number of benzene rings is 1. The van der Waals surface area contributed by atoms with Crippen LogP contribution in [0.1, 0.15) is 21.6 Å². The zero-order valence-corrected chi connectivity index (χ0v) is 13.9. The number of nitrogens with one attached hydrogen (secondary N) is 1. The van der Waals surface area contributed by atoms with Gasteiger partial charge in [0.25, 0.3) is 5.91 Å². The Morgan fingerprint density at radius 3 is 2.46 bits per heavy atom. The van der Waals surface area contributed by atoms with Crippen molar-refractivity contribution in [3.8, 4) is 0 Å². The lowest BCUT2D eigenvalue weighted by Crippen LogP contribution is -2.37. The number of carbonyl (C=O) groups excluding carboxylic acids is 1. The molecule has 0 saturated carbocycles. The minimum absolute atomic E-state index is 0.169. The van der Waals surface area contributed by atoms with Gasteiger partial charge in [0.1, 0.15) is 5.82 Å². The third kappa shape index (κ3) is 4.51. The molecule has 138 valence electrons. The first-order valence-corrected chi connectivity index (χ1v) is 8.17. The highest BCUT2D eigenvalue weighted by molar-refractivity contribution is 5.94. The summed E-state index contributed by atoms with van der Waals surface area (Å²) in [6.45, 7) is 3.01. The maximum atomic E-state index is 12.6. The van der Waals surface area contributed by atoms with Crippen LogP contribution in [-0.2, 0) is 17.5 Å². The summed E-state index contributed by atoms with van der Waals surface area (Å²) < 4.78 is 43.0. The molecule has 2 heterocycles. The van der Waals surface area contributed by atoms with Crippen LogP contribution in [0.4, 0.5) is 19.0 Å². The molecular weight excluding hydrogens is 347 g/mol. The van der Waals surface area contributed by atoms with E-state index < -0.39 is 17.6 Å². The van der Waals surface area contributed by atoms with Crippen LogP contribution >= 0.6 is 0 Å². The SMILES string of the molecule is O=C(NCc1cccc(N2CCOCC2)n1)c1ccc(C(F)(F)F)cc1. The Balaban J connectivity index is 1.60. The smallest absolute Gasteiger partial charge is 0.378 e. The third-order valence-corrected chi connectivity index (χ3v) is 4.03. The second-order valence-electron chi connectivity index (χ2n) is 5.84. The molecule has 3 rings (SSSR count). The molecule has 0 atom stereocenters. The van der Waals surface area contributed by atoms with Crippen molar-refractivity contribution in [1.29, 1.82) is 0 Å². The number of morpholine rings is 1. The van der Waals surface area contributed by atoms with Crippen molar-refractivity contribution >= 4 is 11.7 Å². The van der Waals surface area contributed by atoms with Gasteiger partial charge in [0.2, 0.25) is 0 Å². The molecule has 1 aliphatic rings. The molecule has 0 radical (unpaired) electrons. The first kappa shape index (κ1) is 18.2. The monoisotopic (exact) mass is 365 g/mol. The summed E-state index contributed by atoms with van der Waals surface area (Å²) in [7, 11) is 0. The van der Waals surface area contributed by atoms with Crippen LogP contribution in [0.5, 0.6) is 0 Å². The van der Waals surface area contributed by atoms with E-state index in [2.05, 4.69) is 15.2 Å². The summed E-state index contributed by atoms with van der Waals surface area (Å²) in [6.07, 6.45) is -4.42. The molecule has 1 aromatic heterocycles. The van der Waals surface area contributed by atoms with Gasteiger partial charge < -0.3 is 15.0 Å².